The molecule has 0 N–H and O–H groups in total. The molecule has 1 aromatic rings. The van der Waals surface area contributed by atoms with Crippen molar-refractivity contribution < 1.29 is 19.1 Å². The molecule has 0 saturated carbocycles. The summed E-state index contributed by atoms with van der Waals surface area (Å²) in [5.74, 6) is -1.14. The molecule has 0 spiro atoms. The lowest BCUT2D eigenvalue weighted by Crippen LogP contribution is -2.51. The Kier molecular flexibility index (Phi) is 4.04. The summed E-state index contributed by atoms with van der Waals surface area (Å²) in [7, 11) is 0.621. The summed E-state index contributed by atoms with van der Waals surface area (Å²) in [6.07, 6.45) is 0. The molecule has 118 valence electrons. The summed E-state index contributed by atoms with van der Waals surface area (Å²) in [5, 5.41) is 0.875. The van der Waals surface area contributed by atoms with Crippen LogP contribution in [0.3, 0.4) is 0 Å². The number of fused-ring (bicyclic) bond motifs is 1. The smallest absolute Gasteiger partial charge is 0.331 e. The molecular weight excluding hydrogens is 296 g/mol. The van der Waals surface area contributed by atoms with Gasteiger partial charge < -0.3 is 9.47 Å². The fourth-order valence-electron chi connectivity index (χ4n) is 3.63. The van der Waals surface area contributed by atoms with Crippen LogP contribution in [0.1, 0.15) is 18.1 Å². The minimum absolute atomic E-state index is 0.568. The predicted molar refractivity (Wildman–Crippen MR) is 88.1 cm³/mol. The van der Waals surface area contributed by atoms with Crippen molar-refractivity contribution in [2.24, 2.45) is 0 Å². The van der Waals surface area contributed by atoms with Crippen LogP contribution in [0, 0.1) is 0 Å². The first-order valence-corrected chi connectivity index (χ1v) is 10.7. The Bertz CT molecular complexity index is 651. The second-order valence-electron chi connectivity index (χ2n) is 6.53. The van der Waals surface area contributed by atoms with Crippen molar-refractivity contribution in [3.05, 3.63) is 40.6 Å². The normalized spacial score (nSPS) is 16.3. The van der Waals surface area contributed by atoms with Gasteiger partial charge in [-0.15, -0.1) is 0 Å². The molecule has 1 aliphatic rings. The molecule has 1 aliphatic carbocycles. The van der Waals surface area contributed by atoms with Gasteiger partial charge in [0.25, 0.3) is 0 Å². The van der Waals surface area contributed by atoms with Gasteiger partial charge in [0.2, 0.25) is 5.41 Å². The van der Waals surface area contributed by atoms with Crippen LogP contribution in [-0.4, -0.2) is 34.2 Å². The molecule has 2 rings (SSSR count). The molecule has 1 aromatic carbocycles. The van der Waals surface area contributed by atoms with Crippen molar-refractivity contribution in [1.29, 1.82) is 0 Å². The molecule has 0 radical (unpaired) electrons. The van der Waals surface area contributed by atoms with Gasteiger partial charge in [-0.25, -0.2) is 0 Å². The molecule has 0 amide bonds. The molecule has 0 heterocycles. The number of carbonyl (C=O) groups is 2. The highest BCUT2D eigenvalue weighted by Crippen LogP contribution is 2.51. The number of hydrogen-bond donors (Lipinski definition) is 0. The Balaban J connectivity index is 2.95. The van der Waals surface area contributed by atoms with Gasteiger partial charge in [0.15, 0.2) is 0 Å². The summed E-state index contributed by atoms with van der Waals surface area (Å²) >= 11 is 0. The number of benzene rings is 1. The predicted octanol–water partition coefficient (Wildman–Crippen LogP) is 2.93. The first kappa shape index (κ1) is 16.5. The van der Waals surface area contributed by atoms with Crippen LogP contribution in [-0.2, 0) is 24.5 Å². The number of esters is 2. The van der Waals surface area contributed by atoms with Crippen LogP contribution in [0.2, 0.25) is 19.6 Å². The molecule has 0 aromatic heterocycles. The number of allylic oxidation sites excluding steroid dienone is 1. The lowest BCUT2D eigenvalue weighted by Gasteiger charge is -2.34. The van der Waals surface area contributed by atoms with E-state index in [1.54, 1.807) is 0 Å². The number of carbonyl (C=O) groups excluding carboxylic acids is 2. The molecule has 5 heteroatoms. The van der Waals surface area contributed by atoms with Crippen LogP contribution in [0.15, 0.2) is 29.5 Å². The third-order valence-electron chi connectivity index (χ3n) is 4.22. The molecule has 0 bridgehead atoms. The highest BCUT2D eigenvalue weighted by molar-refractivity contribution is 6.85. The van der Waals surface area contributed by atoms with E-state index in [1.807, 2.05) is 31.2 Å². The molecule has 0 fully saturated rings. The van der Waals surface area contributed by atoms with Crippen molar-refractivity contribution >= 4 is 25.6 Å². The SMILES string of the molecule is COC(=O)C1(C(=O)OC)C([Si](C)(C)C)=C(C)c2ccccc21. The van der Waals surface area contributed by atoms with Gasteiger partial charge >= 0.3 is 11.9 Å². The van der Waals surface area contributed by atoms with Gasteiger partial charge in [-0.05, 0) is 28.8 Å². The molecule has 0 aliphatic heterocycles. The number of rotatable bonds is 3. The van der Waals surface area contributed by atoms with Crippen LogP contribution in [0.25, 0.3) is 5.57 Å². The molecule has 0 saturated heterocycles. The minimum Gasteiger partial charge on any atom is -0.468 e. The van der Waals surface area contributed by atoms with E-state index in [0.29, 0.717) is 5.56 Å². The lowest BCUT2D eigenvalue weighted by molar-refractivity contribution is -0.159. The lowest BCUT2D eigenvalue weighted by atomic mass is 9.82. The van der Waals surface area contributed by atoms with E-state index in [9.17, 15) is 9.59 Å². The molecule has 0 atom stereocenters. The third kappa shape index (κ3) is 2.03. The topological polar surface area (TPSA) is 52.6 Å². The number of hydrogen-bond acceptors (Lipinski definition) is 4. The van der Waals surface area contributed by atoms with Gasteiger partial charge in [-0.1, -0.05) is 43.9 Å². The summed E-state index contributed by atoms with van der Waals surface area (Å²) in [6.45, 7) is 8.34. The standard InChI is InChI=1S/C17H22O4Si/c1-11-12-9-7-8-10-13(12)17(15(18)20-2,16(19)21-3)14(11)22(4,5)6/h7-10H,1-6H3. The van der Waals surface area contributed by atoms with Crippen LogP contribution in [0.4, 0.5) is 0 Å². The van der Waals surface area contributed by atoms with E-state index < -0.39 is 25.4 Å². The van der Waals surface area contributed by atoms with Crippen LogP contribution >= 0.6 is 0 Å². The van der Waals surface area contributed by atoms with E-state index in [0.717, 1.165) is 16.3 Å². The van der Waals surface area contributed by atoms with E-state index in [2.05, 4.69) is 19.6 Å². The van der Waals surface area contributed by atoms with E-state index in [1.165, 1.54) is 14.2 Å². The van der Waals surface area contributed by atoms with Crippen LogP contribution < -0.4 is 0 Å². The van der Waals surface area contributed by atoms with Crippen molar-refractivity contribution in [3.8, 4) is 0 Å². The summed E-state index contributed by atoms with van der Waals surface area (Å²) in [6, 6.07) is 7.51. The largest absolute Gasteiger partial charge is 0.468 e. The monoisotopic (exact) mass is 318 g/mol. The molecule has 0 unspecified atom stereocenters. The maximum absolute atomic E-state index is 12.8. The molecular formula is C17H22O4Si. The number of ether oxygens (including phenoxy) is 2. The zero-order chi connectivity index (χ0) is 16.7. The van der Waals surface area contributed by atoms with E-state index in [4.69, 9.17) is 9.47 Å². The van der Waals surface area contributed by atoms with E-state index in [-0.39, 0.29) is 0 Å². The molecule has 4 nitrogen and oxygen atoms in total. The van der Waals surface area contributed by atoms with Crippen molar-refractivity contribution in [3.63, 3.8) is 0 Å². The van der Waals surface area contributed by atoms with Gasteiger partial charge in [0.1, 0.15) is 0 Å². The Morgan fingerprint density at radius 3 is 1.95 bits per heavy atom. The second-order valence-corrected chi connectivity index (χ2v) is 11.5. The van der Waals surface area contributed by atoms with Gasteiger partial charge in [0, 0.05) is 0 Å². The fourth-order valence-corrected chi connectivity index (χ4v) is 6.35. The van der Waals surface area contributed by atoms with Gasteiger partial charge in [-0.3, -0.25) is 9.59 Å². The third-order valence-corrected chi connectivity index (χ3v) is 6.47. The second kappa shape index (κ2) is 5.39. The summed E-state index contributed by atoms with van der Waals surface area (Å²) in [4.78, 5) is 25.5. The Morgan fingerprint density at radius 2 is 1.50 bits per heavy atom. The number of methoxy groups -OCH3 is 2. The average Bonchev–Trinajstić information content (AvgIpc) is 2.76. The maximum Gasteiger partial charge on any atom is 0.331 e. The summed E-state index contributed by atoms with van der Waals surface area (Å²) < 4.78 is 10.1. The van der Waals surface area contributed by atoms with Gasteiger partial charge in [0.05, 0.1) is 22.3 Å². The van der Waals surface area contributed by atoms with Gasteiger partial charge in [-0.2, -0.15) is 0 Å². The fraction of sp³-hybridized carbons (Fsp3) is 0.412. The zero-order valence-corrected chi connectivity index (χ0v) is 14.9. The summed E-state index contributed by atoms with van der Waals surface area (Å²) in [5.41, 5.74) is 1.12. The Hall–Kier alpha value is -1.88. The Morgan fingerprint density at radius 1 is 1.00 bits per heavy atom. The highest BCUT2D eigenvalue weighted by atomic mass is 28.3. The van der Waals surface area contributed by atoms with Crippen molar-refractivity contribution in [2.45, 2.75) is 32.0 Å². The highest BCUT2D eigenvalue weighted by Gasteiger charge is 2.60. The first-order chi connectivity index (χ1) is 10.2. The molecule has 22 heavy (non-hydrogen) atoms. The minimum atomic E-state index is -2.00. The van der Waals surface area contributed by atoms with E-state index >= 15 is 0 Å². The average molecular weight is 318 g/mol. The van der Waals surface area contributed by atoms with Crippen molar-refractivity contribution in [1.82, 2.24) is 0 Å². The Labute approximate surface area is 132 Å². The first-order valence-electron chi connectivity index (χ1n) is 7.21. The van der Waals surface area contributed by atoms with Crippen LogP contribution in [0.5, 0.6) is 0 Å². The maximum atomic E-state index is 12.8. The van der Waals surface area contributed by atoms with Crippen molar-refractivity contribution in [2.75, 3.05) is 14.2 Å². The quantitative estimate of drug-likeness (QED) is 0.488. The zero-order valence-electron chi connectivity index (χ0n) is 13.9.